The second-order valence-corrected chi connectivity index (χ2v) is 5.00. The fourth-order valence-electron chi connectivity index (χ4n) is 2.63. The Balaban J connectivity index is 2.97. The van der Waals surface area contributed by atoms with E-state index in [2.05, 4.69) is 0 Å². The summed E-state index contributed by atoms with van der Waals surface area (Å²) in [5.41, 5.74) is 4.07. The van der Waals surface area contributed by atoms with Crippen molar-refractivity contribution in [3.05, 3.63) is 50.8 Å². The molecule has 104 valence electrons. The number of carboxylic acids is 1. The third-order valence-corrected chi connectivity index (χ3v) is 3.63. The third kappa shape index (κ3) is 2.13. The lowest BCUT2D eigenvalue weighted by Gasteiger charge is -2.15. The Hall–Kier alpha value is -2.36. The van der Waals surface area contributed by atoms with Crippen LogP contribution < -0.4 is 5.56 Å². The largest absolute Gasteiger partial charge is 0.478 e. The number of rotatable bonds is 2. The highest BCUT2D eigenvalue weighted by Crippen LogP contribution is 2.25. The van der Waals surface area contributed by atoms with Gasteiger partial charge >= 0.3 is 5.97 Å². The summed E-state index contributed by atoms with van der Waals surface area (Å²) in [6.07, 6.45) is 2.38. The first kappa shape index (κ1) is 14.1. The number of fused-ring (bicyclic) bond motifs is 1. The van der Waals surface area contributed by atoms with Crippen LogP contribution in [0.15, 0.2) is 23.0 Å². The Labute approximate surface area is 117 Å². The van der Waals surface area contributed by atoms with Gasteiger partial charge in [-0.15, -0.1) is 0 Å². The number of aromatic nitrogens is 1. The average molecular weight is 271 g/mol. The van der Waals surface area contributed by atoms with Gasteiger partial charge in [-0.1, -0.05) is 12.1 Å². The molecular formula is C16H17NO3. The number of carbonyl (C=O) groups is 1. The van der Waals surface area contributed by atoms with Gasteiger partial charge in [0, 0.05) is 24.1 Å². The molecule has 0 saturated carbocycles. The minimum Gasteiger partial charge on any atom is -0.478 e. The normalized spacial score (nSPS) is 11.4. The molecule has 4 nitrogen and oxygen atoms in total. The van der Waals surface area contributed by atoms with Gasteiger partial charge in [-0.25, -0.2) is 4.79 Å². The monoisotopic (exact) mass is 271 g/mol. The number of hydrogen-bond donors (Lipinski definition) is 1. The number of nitrogens with zero attached hydrogens (tertiary/aromatic N) is 1. The van der Waals surface area contributed by atoms with Gasteiger partial charge in [-0.05, 0) is 43.5 Å². The second-order valence-electron chi connectivity index (χ2n) is 5.00. The lowest BCUT2D eigenvalue weighted by Crippen LogP contribution is -2.22. The van der Waals surface area contributed by atoms with Crippen molar-refractivity contribution < 1.29 is 9.90 Å². The van der Waals surface area contributed by atoms with Crippen LogP contribution >= 0.6 is 0 Å². The second kappa shape index (κ2) is 4.96. The van der Waals surface area contributed by atoms with Crippen molar-refractivity contribution in [1.29, 1.82) is 0 Å². The van der Waals surface area contributed by atoms with Crippen LogP contribution in [0.2, 0.25) is 0 Å². The molecule has 4 heteroatoms. The van der Waals surface area contributed by atoms with Crippen LogP contribution in [0, 0.1) is 20.8 Å². The van der Waals surface area contributed by atoms with Crippen molar-refractivity contribution >= 4 is 22.9 Å². The Bertz CT molecular complexity index is 798. The first-order valence-corrected chi connectivity index (χ1v) is 6.35. The molecule has 1 heterocycles. The quantitative estimate of drug-likeness (QED) is 0.854. The molecule has 1 aromatic heterocycles. The highest BCUT2D eigenvalue weighted by Gasteiger charge is 2.13. The van der Waals surface area contributed by atoms with Gasteiger partial charge in [-0.2, -0.15) is 0 Å². The predicted molar refractivity (Wildman–Crippen MR) is 80.1 cm³/mol. The number of benzene rings is 1. The Morgan fingerprint density at radius 3 is 2.40 bits per heavy atom. The van der Waals surface area contributed by atoms with Crippen molar-refractivity contribution in [2.45, 2.75) is 20.8 Å². The molecule has 0 atom stereocenters. The summed E-state index contributed by atoms with van der Waals surface area (Å²) in [6.45, 7) is 5.81. The predicted octanol–water partition coefficient (Wildman–Crippen LogP) is 2.56. The maximum atomic E-state index is 12.4. The molecule has 0 spiro atoms. The molecule has 1 aromatic carbocycles. The van der Waals surface area contributed by atoms with E-state index < -0.39 is 5.97 Å². The molecule has 2 aromatic rings. The summed E-state index contributed by atoms with van der Waals surface area (Å²) >= 11 is 0. The number of aryl methyl sites for hydroxylation is 4. The van der Waals surface area contributed by atoms with Gasteiger partial charge < -0.3 is 9.67 Å². The summed E-state index contributed by atoms with van der Waals surface area (Å²) < 4.78 is 1.59. The van der Waals surface area contributed by atoms with E-state index in [0.717, 1.165) is 33.7 Å². The molecule has 0 unspecified atom stereocenters. The molecule has 2 rings (SSSR count). The van der Waals surface area contributed by atoms with Gasteiger partial charge in [0.1, 0.15) is 0 Å². The van der Waals surface area contributed by atoms with E-state index in [1.54, 1.807) is 11.6 Å². The van der Waals surface area contributed by atoms with E-state index in [4.69, 9.17) is 5.11 Å². The lowest BCUT2D eigenvalue weighted by molar-refractivity contribution is -0.131. The van der Waals surface area contributed by atoms with Gasteiger partial charge in [0.05, 0.1) is 5.52 Å². The van der Waals surface area contributed by atoms with E-state index in [1.165, 1.54) is 6.08 Å². The van der Waals surface area contributed by atoms with E-state index in [-0.39, 0.29) is 5.56 Å². The number of aliphatic carboxylic acids is 1. The fraction of sp³-hybridized carbons (Fsp3) is 0.250. The molecule has 0 aliphatic carbocycles. The molecule has 1 N–H and O–H groups in total. The van der Waals surface area contributed by atoms with Crippen molar-refractivity contribution in [2.24, 2.45) is 7.05 Å². The summed E-state index contributed by atoms with van der Waals surface area (Å²) in [6, 6.07) is 4.00. The van der Waals surface area contributed by atoms with E-state index in [9.17, 15) is 9.59 Å². The van der Waals surface area contributed by atoms with Crippen molar-refractivity contribution in [3.63, 3.8) is 0 Å². The number of pyridine rings is 1. The van der Waals surface area contributed by atoms with E-state index in [1.807, 2.05) is 32.9 Å². The van der Waals surface area contributed by atoms with Crippen LogP contribution in [0.1, 0.15) is 22.3 Å². The highest BCUT2D eigenvalue weighted by atomic mass is 16.4. The molecule has 0 radical (unpaired) electrons. The minimum atomic E-state index is -1.06. The van der Waals surface area contributed by atoms with Gasteiger partial charge in [0.25, 0.3) is 5.56 Å². The van der Waals surface area contributed by atoms with Gasteiger partial charge in [-0.3, -0.25) is 4.79 Å². The molecule has 0 amide bonds. The average Bonchev–Trinajstić information content (AvgIpc) is 2.38. The minimum absolute atomic E-state index is 0.179. The van der Waals surface area contributed by atoms with Gasteiger partial charge in [0.15, 0.2) is 0 Å². The summed E-state index contributed by atoms with van der Waals surface area (Å²) in [7, 11) is 1.72. The molecule has 0 aliphatic heterocycles. The first-order valence-electron chi connectivity index (χ1n) is 6.35. The zero-order valence-corrected chi connectivity index (χ0v) is 12.0. The molecule has 0 saturated heterocycles. The maximum absolute atomic E-state index is 12.4. The zero-order chi connectivity index (χ0) is 15.0. The topological polar surface area (TPSA) is 59.3 Å². The van der Waals surface area contributed by atoms with Crippen LogP contribution in [0.3, 0.4) is 0 Å². The number of hydrogen-bond acceptors (Lipinski definition) is 2. The van der Waals surface area contributed by atoms with Crippen molar-refractivity contribution in [3.8, 4) is 0 Å². The Morgan fingerprint density at radius 2 is 1.80 bits per heavy atom. The molecule has 20 heavy (non-hydrogen) atoms. The highest BCUT2D eigenvalue weighted by molar-refractivity contribution is 5.92. The summed E-state index contributed by atoms with van der Waals surface area (Å²) in [5, 5.41) is 9.75. The SMILES string of the molecule is Cc1ccc(C)c2c1c(C)c(/C=C/C(=O)O)c(=O)n2C. The Morgan fingerprint density at radius 1 is 1.20 bits per heavy atom. The third-order valence-electron chi connectivity index (χ3n) is 3.63. The van der Waals surface area contributed by atoms with Crippen LogP contribution in [-0.4, -0.2) is 15.6 Å². The standard InChI is InChI=1S/C16H17NO3/c1-9-5-6-10(2)15-14(9)11(3)12(7-8-13(18)19)16(20)17(15)4/h5-8H,1-4H3,(H,18,19)/b8-7+. The molecule has 0 bridgehead atoms. The van der Waals surface area contributed by atoms with Crippen LogP contribution in [0.4, 0.5) is 0 Å². The summed E-state index contributed by atoms with van der Waals surface area (Å²) in [5.74, 6) is -1.06. The number of carboxylic acid groups (broad SMARTS) is 1. The first-order chi connectivity index (χ1) is 9.34. The van der Waals surface area contributed by atoms with Crippen LogP contribution in [0.5, 0.6) is 0 Å². The molecule has 0 fully saturated rings. The van der Waals surface area contributed by atoms with E-state index in [0.29, 0.717) is 5.56 Å². The smallest absolute Gasteiger partial charge is 0.328 e. The Kier molecular flexibility index (Phi) is 3.49. The zero-order valence-electron chi connectivity index (χ0n) is 12.0. The van der Waals surface area contributed by atoms with Crippen LogP contribution in [0.25, 0.3) is 17.0 Å². The van der Waals surface area contributed by atoms with Crippen LogP contribution in [-0.2, 0) is 11.8 Å². The maximum Gasteiger partial charge on any atom is 0.328 e. The summed E-state index contributed by atoms with van der Waals surface area (Å²) in [4.78, 5) is 23.1. The lowest BCUT2D eigenvalue weighted by atomic mass is 9.97. The van der Waals surface area contributed by atoms with Crippen molar-refractivity contribution in [2.75, 3.05) is 0 Å². The molecule has 0 aliphatic rings. The van der Waals surface area contributed by atoms with Gasteiger partial charge in [0.2, 0.25) is 0 Å². The van der Waals surface area contributed by atoms with Crippen molar-refractivity contribution in [1.82, 2.24) is 4.57 Å². The molecular weight excluding hydrogens is 254 g/mol. The van der Waals surface area contributed by atoms with E-state index >= 15 is 0 Å². The fourth-order valence-corrected chi connectivity index (χ4v) is 2.63.